The van der Waals surface area contributed by atoms with E-state index < -0.39 is 0 Å². The first-order valence-electron chi connectivity index (χ1n) is 8.02. The second-order valence-electron chi connectivity index (χ2n) is 5.80. The van der Waals surface area contributed by atoms with Crippen LogP contribution in [0.3, 0.4) is 0 Å². The van der Waals surface area contributed by atoms with Crippen LogP contribution < -0.4 is 5.32 Å². The molecule has 2 rings (SSSR count). The van der Waals surface area contributed by atoms with Crippen LogP contribution >= 0.6 is 0 Å². The molecule has 2 aromatic rings. The number of unbranched alkanes of at least 4 members (excludes halogenated alkanes) is 1. The smallest absolute Gasteiger partial charge is 0.253 e. The normalized spacial score (nSPS) is 12.5. The fourth-order valence-electron chi connectivity index (χ4n) is 2.84. The molecular weight excluding hydrogens is 260 g/mol. The molecule has 1 amide bonds. The van der Waals surface area contributed by atoms with Crippen LogP contribution in [0.25, 0.3) is 10.9 Å². The molecule has 3 nitrogen and oxygen atoms in total. The maximum Gasteiger partial charge on any atom is 0.253 e. The number of amides is 1. The number of fused-ring (bicyclic) bond motifs is 1. The molecule has 0 saturated heterocycles. The summed E-state index contributed by atoms with van der Waals surface area (Å²) in [6, 6.07) is 7.97. The Hall–Kier alpha value is -1.77. The summed E-state index contributed by atoms with van der Waals surface area (Å²) in [5.41, 5.74) is 2.75. The number of nitrogens with one attached hydrogen (secondary N) is 2. The molecule has 3 heteroatoms. The van der Waals surface area contributed by atoms with Gasteiger partial charge in [0, 0.05) is 23.1 Å². The molecule has 2 N–H and O–H groups in total. The van der Waals surface area contributed by atoms with Gasteiger partial charge in [0.05, 0.1) is 5.56 Å². The van der Waals surface area contributed by atoms with Gasteiger partial charge in [0.2, 0.25) is 0 Å². The van der Waals surface area contributed by atoms with Gasteiger partial charge in [0.15, 0.2) is 0 Å². The molecule has 21 heavy (non-hydrogen) atoms. The standard InChI is InChI=1S/C18H26N2O/c1-4-6-9-14(5-2)12-19-18(21)17-13(3)20-16-11-8-7-10-15(16)17/h7-8,10-11,14,20H,4-6,9,12H2,1-3H3,(H,19,21). The second kappa shape index (κ2) is 7.30. The molecule has 0 aliphatic carbocycles. The Balaban J connectivity index is 2.07. The largest absolute Gasteiger partial charge is 0.358 e. The number of carbonyl (C=O) groups is 1. The van der Waals surface area contributed by atoms with Crippen LogP contribution in [0.15, 0.2) is 24.3 Å². The molecule has 0 spiro atoms. The van der Waals surface area contributed by atoms with Crippen molar-refractivity contribution in [2.24, 2.45) is 5.92 Å². The van der Waals surface area contributed by atoms with Crippen LogP contribution in [0, 0.1) is 12.8 Å². The third-order valence-electron chi connectivity index (χ3n) is 4.22. The van der Waals surface area contributed by atoms with Crippen LogP contribution in [0.1, 0.15) is 55.6 Å². The molecule has 0 bridgehead atoms. The van der Waals surface area contributed by atoms with Crippen molar-refractivity contribution >= 4 is 16.8 Å². The quantitative estimate of drug-likeness (QED) is 0.777. The Morgan fingerprint density at radius 3 is 2.76 bits per heavy atom. The summed E-state index contributed by atoms with van der Waals surface area (Å²) in [5.74, 6) is 0.624. The Labute approximate surface area is 127 Å². The highest BCUT2D eigenvalue weighted by atomic mass is 16.1. The predicted molar refractivity (Wildman–Crippen MR) is 88.7 cm³/mol. The summed E-state index contributed by atoms with van der Waals surface area (Å²) in [4.78, 5) is 15.8. The minimum Gasteiger partial charge on any atom is -0.358 e. The molecule has 1 unspecified atom stereocenters. The third kappa shape index (κ3) is 3.66. The minimum absolute atomic E-state index is 0.0416. The molecule has 0 aliphatic heterocycles. The zero-order chi connectivity index (χ0) is 15.2. The lowest BCUT2D eigenvalue weighted by molar-refractivity contribution is 0.0947. The number of H-pyrrole nitrogens is 1. The van der Waals surface area contributed by atoms with Crippen molar-refractivity contribution in [1.82, 2.24) is 10.3 Å². The molecule has 1 heterocycles. The summed E-state index contributed by atoms with van der Waals surface area (Å²) >= 11 is 0. The van der Waals surface area contributed by atoms with Crippen molar-refractivity contribution in [3.63, 3.8) is 0 Å². The number of para-hydroxylation sites is 1. The summed E-state index contributed by atoms with van der Waals surface area (Å²) in [6.45, 7) is 7.14. The van der Waals surface area contributed by atoms with Gasteiger partial charge in [-0.05, 0) is 25.3 Å². The van der Waals surface area contributed by atoms with E-state index in [1.54, 1.807) is 0 Å². The molecule has 0 aliphatic rings. The average Bonchev–Trinajstić information content (AvgIpc) is 2.83. The number of benzene rings is 1. The fraction of sp³-hybridized carbons (Fsp3) is 0.500. The number of hydrogen-bond donors (Lipinski definition) is 2. The number of hydrogen-bond acceptors (Lipinski definition) is 1. The van der Waals surface area contributed by atoms with Crippen molar-refractivity contribution < 1.29 is 4.79 Å². The molecule has 0 fully saturated rings. The maximum absolute atomic E-state index is 12.5. The number of rotatable bonds is 7. The van der Waals surface area contributed by atoms with Crippen molar-refractivity contribution in [1.29, 1.82) is 0 Å². The summed E-state index contributed by atoms with van der Waals surface area (Å²) < 4.78 is 0. The highest BCUT2D eigenvalue weighted by Crippen LogP contribution is 2.22. The average molecular weight is 286 g/mol. The number of carbonyl (C=O) groups excluding carboxylic acids is 1. The summed E-state index contributed by atoms with van der Waals surface area (Å²) in [6.07, 6.45) is 4.76. The zero-order valence-corrected chi connectivity index (χ0v) is 13.3. The Morgan fingerprint density at radius 2 is 2.05 bits per heavy atom. The van der Waals surface area contributed by atoms with E-state index in [1.165, 1.54) is 19.3 Å². The van der Waals surface area contributed by atoms with Gasteiger partial charge in [0.25, 0.3) is 5.91 Å². The SMILES string of the molecule is CCCCC(CC)CNC(=O)c1c(C)[nH]c2ccccc12. The van der Waals surface area contributed by atoms with E-state index in [0.29, 0.717) is 5.92 Å². The first-order chi connectivity index (χ1) is 10.2. The van der Waals surface area contributed by atoms with Gasteiger partial charge in [-0.1, -0.05) is 51.3 Å². The highest BCUT2D eigenvalue weighted by Gasteiger charge is 2.16. The van der Waals surface area contributed by atoms with Gasteiger partial charge < -0.3 is 10.3 Å². The van der Waals surface area contributed by atoms with Crippen molar-refractivity contribution in [3.05, 3.63) is 35.5 Å². The van der Waals surface area contributed by atoms with Crippen molar-refractivity contribution in [3.8, 4) is 0 Å². The molecular formula is C18H26N2O. The molecule has 1 aromatic heterocycles. The third-order valence-corrected chi connectivity index (χ3v) is 4.22. The Morgan fingerprint density at radius 1 is 1.29 bits per heavy atom. The first kappa shape index (κ1) is 15.6. The van der Waals surface area contributed by atoms with Gasteiger partial charge >= 0.3 is 0 Å². The zero-order valence-electron chi connectivity index (χ0n) is 13.3. The van der Waals surface area contributed by atoms with E-state index in [4.69, 9.17) is 0 Å². The van der Waals surface area contributed by atoms with E-state index in [-0.39, 0.29) is 5.91 Å². The highest BCUT2D eigenvalue weighted by molar-refractivity contribution is 6.08. The van der Waals surface area contributed by atoms with Crippen LogP contribution in [0.5, 0.6) is 0 Å². The van der Waals surface area contributed by atoms with Crippen LogP contribution in [-0.2, 0) is 0 Å². The minimum atomic E-state index is 0.0416. The second-order valence-corrected chi connectivity index (χ2v) is 5.80. The summed E-state index contributed by atoms with van der Waals surface area (Å²) in [5, 5.41) is 4.13. The lowest BCUT2D eigenvalue weighted by Crippen LogP contribution is -2.29. The lowest BCUT2D eigenvalue weighted by Gasteiger charge is -2.15. The fourth-order valence-corrected chi connectivity index (χ4v) is 2.84. The molecule has 114 valence electrons. The number of aryl methyl sites for hydroxylation is 1. The van der Waals surface area contributed by atoms with Gasteiger partial charge in [0.1, 0.15) is 0 Å². The van der Waals surface area contributed by atoms with Gasteiger partial charge in [-0.2, -0.15) is 0 Å². The van der Waals surface area contributed by atoms with Crippen LogP contribution in [0.2, 0.25) is 0 Å². The Kier molecular flexibility index (Phi) is 5.43. The van der Waals surface area contributed by atoms with Crippen LogP contribution in [0.4, 0.5) is 0 Å². The Bertz CT molecular complexity index is 600. The van der Waals surface area contributed by atoms with E-state index in [2.05, 4.69) is 24.1 Å². The number of aromatic nitrogens is 1. The number of aromatic amines is 1. The monoisotopic (exact) mass is 286 g/mol. The van der Waals surface area contributed by atoms with E-state index >= 15 is 0 Å². The first-order valence-corrected chi connectivity index (χ1v) is 8.02. The predicted octanol–water partition coefficient (Wildman–Crippen LogP) is 4.42. The van der Waals surface area contributed by atoms with E-state index in [9.17, 15) is 4.79 Å². The molecule has 1 atom stereocenters. The lowest BCUT2D eigenvalue weighted by atomic mass is 9.99. The topological polar surface area (TPSA) is 44.9 Å². The molecule has 1 aromatic carbocycles. The van der Waals surface area contributed by atoms with Gasteiger partial charge in [-0.15, -0.1) is 0 Å². The van der Waals surface area contributed by atoms with E-state index in [1.807, 2.05) is 31.2 Å². The summed E-state index contributed by atoms with van der Waals surface area (Å²) in [7, 11) is 0. The van der Waals surface area contributed by atoms with E-state index in [0.717, 1.165) is 35.1 Å². The van der Waals surface area contributed by atoms with Gasteiger partial charge in [-0.3, -0.25) is 4.79 Å². The van der Waals surface area contributed by atoms with Crippen LogP contribution in [-0.4, -0.2) is 17.4 Å². The maximum atomic E-state index is 12.5. The van der Waals surface area contributed by atoms with Crippen molar-refractivity contribution in [2.75, 3.05) is 6.54 Å². The van der Waals surface area contributed by atoms with Crippen molar-refractivity contribution in [2.45, 2.75) is 46.5 Å². The molecule has 0 radical (unpaired) electrons. The van der Waals surface area contributed by atoms with Gasteiger partial charge in [-0.25, -0.2) is 0 Å². The molecule has 0 saturated carbocycles.